The van der Waals surface area contributed by atoms with Crippen LogP contribution in [-0.4, -0.2) is 17.9 Å². The molecule has 1 rings (SSSR count). The van der Waals surface area contributed by atoms with Crippen LogP contribution in [0.25, 0.3) is 0 Å². The summed E-state index contributed by atoms with van der Waals surface area (Å²) in [6.07, 6.45) is 0.183. The Morgan fingerprint density at radius 1 is 1.31 bits per heavy atom. The molecule has 0 aliphatic carbocycles. The van der Waals surface area contributed by atoms with Crippen molar-refractivity contribution in [3.8, 4) is 0 Å². The summed E-state index contributed by atoms with van der Waals surface area (Å²) < 4.78 is 0. The van der Waals surface area contributed by atoms with Gasteiger partial charge in [-0.1, -0.05) is 30.3 Å². The first-order valence-corrected chi connectivity index (χ1v) is 4.56. The van der Waals surface area contributed by atoms with Crippen LogP contribution in [0.5, 0.6) is 0 Å². The topological polar surface area (TPSA) is 75.5 Å². The summed E-state index contributed by atoms with van der Waals surface area (Å²) in [4.78, 5) is 14.2. The van der Waals surface area contributed by atoms with Crippen LogP contribution < -0.4 is 10.2 Å². The van der Waals surface area contributed by atoms with Crippen molar-refractivity contribution >= 4 is 11.9 Å². The summed E-state index contributed by atoms with van der Waals surface area (Å²) in [5.74, 6) is -1.82. The van der Waals surface area contributed by atoms with Gasteiger partial charge in [-0.3, -0.25) is 4.99 Å². The molecule has 0 radical (unpaired) electrons. The number of carboxylic acid groups (broad SMARTS) is 1. The molecule has 88 valence electrons. The van der Waals surface area contributed by atoms with E-state index < -0.39 is 17.9 Å². The molecule has 4 nitrogen and oxygen atoms in total. The minimum atomic E-state index is -1.32. The number of nitrogens with zero attached hydrogens (tertiary/aromatic N) is 1. The van der Waals surface area contributed by atoms with E-state index >= 15 is 0 Å². The third kappa shape index (κ3) is 4.94. The second-order valence-electron chi connectivity index (χ2n) is 3.17. The molecule has 5 heteroatoms. The predicted molar refractivity (Wildman–Crippen MR) is 52.1 cm³/mol. The first-order valence-electron chi connectivity index (χ1n) is 4.56. The SMILES string of the molecule is CC([O-])=N[C@@H](Cc1ccccc1)C(=O)[O-].[Ni+2]. The molecule has 0 amide bonds. The standard InChI is InChI=1S/C11H13NO3.Ni/c1-8(13)12-10(11(14)15)7-9-5-3-2-4-6-9;/h2-6,10H,7H2,1H3,(H,12,13)(H,14,15);/q;+2/p-2/t10-;/m0./s1. The van der Waals surface area contributed by atoms with Gasteiger partial charge >= 0.3 is 16.5 Å². The molecule has 0 bridgehead atoms. The number of hydrogen-bond donors (Lipinski definition) is 0. The van der Waals surface area contributed by atoms with Crippen LogP contribution in [-0.2, 0) is 27.7 Å². The number of benzene rings is 1. The second kappa shape index (κ2) is 7.01. The van der Waals surface area contributed by atoms with Crippen molar-refractivity contribution in [3.05, 3.63) is 35.9 Å². The fourth-order valence-corrected chi connectivity index (χ4v) is 1.24. The third-order valence-electron chi connectivity index (χ3n) is 1.88. The summed E-state index contributed by atoms with van der Waals surface area (Å²) in [5, 5.41) is 21.4. The molecular formula is C11H11NNiO3. The Kier molecular flexibility index (Phi) is 6.42. The van der Waals surface area contributed by atoms with Crippen molar-refractivity contribution < 1.29 is 31.5 Å². The monoisotopic (exact) mass is 263 g/mol. The summed E-state index contributed by atoms with van der Waals surface area (Å²) >= 11 is 0. The Bertz CT molecular complexity index is 361. The third-order valence-corrected chi connectivity index (χ3v) is 1.88. The fourth-order valence-electron chi connectivity index (χ4n) is 1.24. The van der Waals surface area contributed by atoms with E-state index in [0.717, 1.165) is 5.56 Å². The van der Waals surface area contributed by atoms with Crippen LogP contribution in [0.4, 0.5) is 0 Å². The van der Waals surface area contributed by atoms with Crippen molar-refractivity contribution in [3.63, 3.8) is 0 Å². The van der Waals surface area contributed by atoms with Gasteiger partial charge in [0.05, 0.1) is 12.0 Å². The smallest absolute Gasteiger partial charge is 0.862 e. The molecule has 1 aromatic rings. The molecule has 0 spiro atoms. The molecule has 0 unspecified atom stereocenters. The van der Waals surface area contributed by atoms with Crippen molar-refractivity contribution in [2.75, 3.05) is 0 Å². The molecule has 0 saturated heterocycles. The molecule has 1 aromatic carbocycles. The van der Waals surface area contributed by atoms with E-state index in [9.17, 15) is 15.0 Å². The van der Waals surface area contributed by atoms with Crippen LogP contribution in [0.15, 0.2) is 35.3 Å². The Labute approximate surface area is 104 Å². The summed E-state index contributed by atoms with van der Waals surface area (Å²) in [6.45, 7) is 1.22. The van der Waals surface area contributed by atoms with E-state index in [-0.39, 0.29) is 22.9 Å². The van der Waals surface area contributed by atoms with E-state index in [1.54, 1.807) is 24.3 Å². The van der Waals surface area contributed by atoms with Crippen LogP contribution in [0.2, 0.25) is 0 Å². The molecule has 0 heterocycles. The number of aliphatic carboxylic acids is 1. The number of carbonyl (C=O) groups excluding carboxylic acids is 1. The molecular weight excluding hydrogens is 253 g/mol. The molecule has 0 aliphatic heterocycles. The average Bonchev–Trinajstić information content (AvgIpc) is 2.17. The van der Waals surface area contributed by atoms with E-state index in [4.69, 9.17) is 0 Å². The minimum Gasteiger partial charge on any atom is -0.862 e. The molecule has 0 aromatic heterocycles. The molecule has 1 atom stereocenters. The summed E-state index contributed by atoms with van der Waals surface area (Å²) in [6, 6.07) is 7.91. The minimum absolute atomic E-state index is 0. The van der Waals surface area contributed by atoms with Gasteiger partial charge in [0.2, 0.25) is 0 Å². The quantitative estimate of drug-likeness (QED) is 0.402. The molecule has 0 aliphatic rings. The van der Waals surface area contributed by atoms with Gasteiger partial charge in [-0.25, -0.2) is 0 Å². The van der Waals surface area contributed by atoms with Crippen molar-refractivity contribution in [2.24, 2.45) is 4.99 Å². The fraction of sp³-hybridized carbons (Fsp3) is 0.273. The molecule has 0 saturated carbocycles. The molecule has 0 N–H and O–H groups in total. The van der Waals surface area contributed by atoms with Crippen LogP contribution >= 0.6 is 0 Å². The Morgan fingerprint density at radius 2 is 1.88 bits per heavy atom. The number of aliphatic imine (C=N–C) groups is 1. The zero-order chi connectivity index (χ0) is 11.3. The second-order valence-corrected chi connectivity index (χ2v) is 3.17. The van der Waals surface area contributed by atoms with Gasteiger partial charge in [-0.2, -0.15) is 0 Å². The summed E-state index contributed by atoms with van der Waals surface area (Å²) in [7, 11) is 0. The van der Waals surface area contributed by atoms with E-state index in [0.29, 0.717) is 0 Å². The maximum atomic E-state index is 10.7. The number of rotatable bonds is 4. The van der Waals surface area contributed by atoms with E-state index in [1.165, 1.54) is 6.92 Å². The average molecular weight is 264 g/mol. The predicted octanol–water partition coefficient (Wildman–Crippen LogP) is -0.876. The zero-order valence-corrected chi connectivity index (χ0v) is 9.65. The summed E-state index contributed by atoms with van der Waals surface area (Å²) in [5.41, 5.74) is 0.816. The van der Waals surface area contributed by atoms with E-state index in [1.807, 2.05) is 6.07 Å². The van der Waals surface area contributed by atoms with Gasteiger partial charge in [0.1, 0.15) is 0 Å². The van der Waals surface area contributed by atoms with Gasteiger partial charge in [-0.15, -0.1) is 0 Å². The maximum Gasteiger partial charge on any atom is 2.00 e. The normalized spacial score (nSPS) is 12.7. The first-order chi connectivity index (χ1) is 7.09. The molecule has 0 fully saturated rings. The van der Waals surface area contributed by atoms with E-state index in [2.05, 4.69) is 4.99 Å². The Morgan fingerprint density at radius 3 is 2.31 bits per heavy atom. The Balaban J connectivity index is 0.00000225. The van der Waals surface area contributed by atoms with Crippen molar-refractivity contribution in [1.29, 1.82) is 0 Å². The largest absolute Gasteiger partial charge is 2.00 e. The first kappa shape index (κ1) is 14.7. The van der Waals surface area contributed by atoms with Crippen LogP contribution in [0, 0.1) is 0 Å². The Hall–Kier alpha value is -1.35. The van der Waals surface area contributed by atoms with Crippen molar-refractivity contribution in [2.45, 2.75) is 19.4 Å². The maximum absolute atomic E-state index is 10.7. The number of hydrogen-bond acceptors (Lipinski definition) is 4. The van der Waals surface area contributed by atoms with Gasteiger partial charge in [0, 0.05) is 6.42 Å². The van der Waals surface area contributed by atoms with Gasteiger partial charge < -0.3 is 15.0 Å². The van der Waals surface area contributed by atoms with Gasteiger partial charge in [0.15, 0.2) is 0 Å². The van der Waals surface area contributed by atoms with Gasteiger partial charge in [0.25, 0.3) is 0 Å². The number of carboxylic acids is 1. The van der Waals surface area contributed by atoms with Crippen molar-refractivity contribution in [1.82, 2.24) is 0 Å². The molecule has 16 heavy (non-hydrogen) atoms. The number of carbonyl (C=O) groups is 1. The van der Waals surface area contributed by atoms with Gasteiger partial charge in [-0.05, 0) is 18.4 Å². The zero-order valence-electron chi connectivity index (χ0n) is 8.66. The van der Waals surface area contributed by atoms with Crippen LogP contribution in [0.1, 0.15) is 12.5 Å². The van der Waals surface area contributed by atoms with Crippen LogP contribution in [0.3, 0.4) is 0 Å².